The van der Waals surface area contributed by atoms with E-state index in [4.69, 9.17) is 0 Å². The second-order valence-electron chi connectivity index (χ2n) is 4.58. The van der Waals surface area contributed by atoms with E-state index in [2.05, 4.69) is 27.6 Å². The third kappa shape index (κ3) is 2.31. The first-order valence-corrected chi connectivity index (χ1v) is 6.04. The van der Waals surface area contributed by atoms with Crippen molar-refractivity contribution in [2.45, 2.75) is 26.2 Å². The summed E-state index contributed by atoms with van der Waals surface area (Å²) in [5.41, 5.74) is -0.301. The first kappa shape index (κ1) is 12.0. The molecule has 0 bridgehead atoms. The minimum Gasteiger partial charge on any atom is -0.316 e. The summed E-state index contributed by atoms with van der Waals surface area (Å²) >= 11 is 0. The summed E-state index contributed by atoms with van der Waals surface area (Å²) in [5.74, 6) is 0.552. The van der Waals surface area contributed by atoms with Crippen LogP contribution in [0.1, 0.15) is 26.2 Å². The van der Waals surface area contributed by atoms with Crippen LogP contribution >= 0.6 is 0 Å². The van der Waals surface area contributed by atoms with Gasteiger partial charge >= 0.3 is 0 Å². The number of amides is 1. The van der Waals surface area contributed by atoms with Crippen LogP contribution in [0, 0.1) is 5.41 Å². The van der Waals surface area contributed by atoms with Crippen molar-refractivity contribution < 1.29 is 4.79 Å². The molecule has 0 saturated carbocycles. The van der Waals surface area contributed by atoms with Gasteiger partial charge in [-0.25, -0.2) is 4.68 Å². The Morgan fingerprint density at radius 1 is 1.71 bits per heavy atom. The highest BCUT2D eigenvalue weighted by molar-refractivity contribution is 5.94. The lowest BCUT2D eigenvalue weighted by molar-refractivity contribution is -0.126. The van der Waals surface area contributed by atoms with E-state index >= 15 is 0 Å². The lowest BCUT2D eigenvalue weighted by atomic mass is 9.77. The molecule has 17 heavy (non-hydrogen) atoms. The molecule has 1 aromatic rings. The van der Waals surface area contributed by atoms with Gasteiger partial charge < -0.3 is 5.32 Å². The van der Waals surface area contributed by atoms with E-state index in [1.165, 1.54) is 6.33 Å². The third-order valence-corrected chi connectivity index (χ3v) is 3.57. The number of carbonyl (C=O) groups is 1. The van der Waals surface area contributed by atoms with Gasteiger partial charge in [0.1, 0.15) is 6.33 Å². The zero-order chi connectivity index (χ0) is 12.3. The van der Waals surface area contributed by atoms with Gasteiger partial charge in [0.15, 0.2) is 0 Å². The number of anilines is 1. The lowest BCUT2D eigenvalue weighted by Crippen LogP contribution is -2.47. The zero-order valence-corrected chi connectivity index (χ0v) is 10.4. The Balaban J connectivity index is 2.10. The van der Waals surface area contributed by atoms with Crippen LogP contribution in [0.3, 0.4) is 0 Å². The Kier molecular flexibility index (Phi) is 3.42. The van der Waals surface area contributed by atoms with Gasteiger partial charge in [0.25, 0.3) is 0 Å². The van der Waals surface area contributed by atoms with Crippen LogP contribution in [-0.2, 0) is 11.8 Å². The number of hydrogen-bond donors (Lipinski definition) is 2. The van der Waals surface area contributed by atoms with Crippen molar-refractivity contribution in [2.24, 2.45) is 12.5 Å². The monoisotopic (exact) mass is 237 g/mol. The Bertz CT molecular complexity index is 394. The summed E-state index contributed by atoms with van der Waals surface area (Å²) in [6.45, 7) is 3.80. The van der Waals surface area contributed by atoms with E-state index in [9.17, 15) is 4.79 Å². The molecule has 1 fully saturated rings. The summed E-state index contributed by atoms with van der Waals surface area (Å²) in [6, 6.07) is 0. The second-order valence-corrected chi connectivity index (χ2v) is 4.58. The highest BCUT2D eigenvalue weighted by Crippen LogP contribution is 2.31. The Hall–Kier alpha value is -1.43. The van der Waals surface area contributed by atoms with Crippen molar-refractivity contribution >= 4 is 11.9 Å². The fourth-order valence-electron chi connectivity index (χ4n) is 2.27. The average molecular weight is 237 g/mol. The number of nitrogens with one attached hydrogen (secondary N) is 2. The van der Waals surface area contributed by atoms with Crippen LogP contribution in [0.25, 0.3) is 0 Å². The van der Waals surface area contributed by atoms with Gasteiger partial charge in [-0.15, -0.1) is 0 Å². The van der Waals surface area contributed by atoms with Gasteiger partial charge in [0.05, 0.1) is 5.41 Å². The number of rotatable bonds is 3. The molecule has 2 rings (SSSR count). The fourth-order valence-corrected chi connectivity index (χ4v) is 2.27. The van der Waals surface area contributed by atoms with E-state index in [1.807, 2.05) is 0 Å². The molecule has 2 N–H and O–H groups in total. The number of nitrogens with zero attached hydrogens (tertiary/aromatic N) is 3. The number of aryl methyl sites for hydroxylation is 1. The van der Waals surface area contributed by atoms with E-state index in [1.54, 1.807) is 11.7 Å². The van der Waals surface area contributed by atoms with Crippen LogP contribution in [-0.4, -0.2) is 33.8 Å². The smallest absolute Gasteiger partial charge is 0.234 e. The van der Waals surface area contributed by atoms with E-state index in [0.717, 1.165) is 32.4 Å². The van der Waals surface area contributed by atoms with Gasteiger partial charge in [0.2, 0.25) is 11.9 Å². The van der Waals surface area contributed by atoms with E-state index in [0.29, 0.717) is 5.95 Å². The van der Waals surface area contributed by atoms with Crippen LogP contribution in [0.5, 0.6) is 0 Å². The first-order chi connectivity index (χ1) is 8.18. The maximum absolute atomic E-state index is 12.3. The lowest BCUT2D eigenvalue weighted by Gasteiger charge is -2.35. The number of piperidine rings is 1. The zero-order valence-electron chi connectivity index (χ0n) is 10.4. The number of carbonyl (C=O) groups excluding carboxylic acids is 1. The number of aromatic nitrogens is 3. The second kappa shape index (κ2) is 4.83. The van der Waals surface area contributed by atoms with Crippen molar-refractivity contribution in [3.63, 3.8) is 0 Å². The first-order valence-electron chi connectivity index (χ1n) is 6.04. The highest BCUT2D eigenvalue weighted by atomic mass is 16.2. The topological polar surface area (TPSA) is 71.8 Å². The molecule has 1 aromatic heterocycles. The molecule has 6 nitrogen and oxygen atoms in total. The highest BCUT2D eigenvalue weighted by Gasteiger charge is 2.38. The Morgan fingerprint density at radius 2 is 2.53 bits per heavy atom. The standard InChI is InChI=1S/C11H19N5O/c1-3-11(5-4-6-12-7-11)9(17)15-10-13-8-14-16(10)2/h8,12H,3-7H2,1-2H3,(H,13,14,15,17). The predicted molar refractivity (Wildman–Crippen MR) is 64.5 cm³/mol. The maximum Gasteiger partial charge on any atom is 0.234 e. The van der Waals surface area contributed by atoms with Crippen LogP contribution in [0.4, 0.5) is 5.95 Å². The van der Waals surface area contributed by atoms with Crippen LogP contribution in [0.15, 0.2) is 6.33 Å². The van der Waals surface area contributed by atoms with Crippen LogP contribution < -0.4 is 10.6 Å². The average Bonchev–Trinajstić information content (AvgIpc) is 2.76. The molecule has 1 aliphatic rings. The quantitative estimate of drug-likeness (QED) is 0.804. The molecule has 0 spiro atoms. The van der Waals surface area contributed by atoms with Crippen molar-refractivity contribution in [3.05, 3.63) is 6.33 Å². The van der Waals surface area contributed by atoms with Crippen molar-refractivity contribution in [2.75, 3.05) is 18.4 Å². The summed E-state index contributed by atoms with van der Waals surface area (Å²) in [6.07, 6.45) is 4.25. The van der Waals surface area contributed by atoms with Gasteiger partial charge in [-0.2, -0.15) is 10.1 Å². The summed E-state index contributed by atoms with van der Waals surface area (Å²) < 4.78 is 1.57. The molecule has 1 aliphatic heterocycles. The van der Waals surface area contributed by atoms with Gasteiger partial charge in [0, 0.05) is 13.6 Å². The minimum atomic E-state index is -0.301. The molecule has 1 saturated heterocycles. The molecular weight excluding hydrogens is 218 g/mol. The Labute approximate surface area is 101 Å². The maximum atomic E-state index is 12.3. The van der Waals surface area contributed by atoms with Gasteiger partial charge in [-0.3, -0.25) is 10.1 Å². The summed E-state index contributed by atoms with van der Waals surface area (Å²) in [5, 5.41) is 10.1. The Morgan fingerprint density at radius 3 is 3.06 bits per heavy atom. The van der Waals surface area contributed by atoms with Gasteiger partial charge in [-0.1, -0.05) is 6.92 Å². The summed E-state index contributed by atoms with van der Waals surface area (Å²) in [7, 11) is 1.76. The third-order valence-electron chi connectivity index (χ3n) is 3.57. The van der Waals surface area contributed by atoms with E-state index in [-0.39, 0.29) is 11.3 Å². The molecule has 6 heteroatoms. The molecule has 94 valence electrons. The van der Waals surface area contributed by atoms with Crippen molar-refractivity contribution in [3.8, 4) is 0 Å². The summed E-state index contributed by atoms with van der Waals surface area (Å²) in [4.78, 5) is 16.4. The molecular formula is C11H19N5O. The molecule has 2 heterocycles. The SMILES string of the molecule is CCC1(C(=O)Nc2ncnn2C)CCCNC1. The van der Waals surface area contributed by atoms with Gasteiger partial charge in [-0.05, 0) is 25.8 Å². The molecule has 1 unspecified atom stereocenters. The van der Waals surface area contributed by atoms with E-state index < -0.39 is 0 Å². The minimum absolute atomic E-state index is 0.0447. The van der Waals surface area contributed by atoms with Crippen LogP contribution in [0.2, 0.25) is 0 Å². The fraction of sp³-hybridized carbons (Fsp3) is 0.727. The number of hydrogen-bond acceptors (Lipinski definition) is 4. The van der Waals surface area contributed by atoms with Crippen molar-refractivity contribution in [1.29, 1.82) is 0 Å². The van der Waals surface area contributed by atoms with Crippen molar-refractivity contribution in [1.82, 2.24) is 20.1 Å². The molecule has 1 amide bonds. The largest absolute Gasteiger partial charge is 0.316 e. The normalized spacial score (nSPS) is 24.6. The predicted octanol–water partition coefficient (Wildman–Crippen LogP) is 0.533. The molecule has 0 radical (unpaired) electrons. The molecule has 1 atom stereocenters. The molecule has 0 aliphatic carbocycles. The molecule has 0 aromatic carbocycles.